The van der Waals surface area contributed by atoms with Gasteiger partial charge < -0.3 is 4.74 Å². The smallest absolute Gasteiger partial charge is 0.238 e. The van der Waals surface area contributed by atoms with Crippen molar-refractivity contribution in [1.82, 2.24) is 4.98 Å². The highest BCUT2D eigenvalue weighted by atomic mass is 32.2. The van der Waals surface area contributed by atoms with Crippen LogP contribution in [0.4, 0.5) is 4.39 Å². The van der Waals surface area contributed by atoms with Crippen molar-refractivity contribution in [2.45, 2.75) is 24.7 Å². The van der Waals surface area contributed by atoms with Gasteiger partial charge in [0.15, 0.2) is 11.6 Å². The number of hydrogen-bond acceptors (Lipinski definition) is 4. The number of primary sulfonamides is 1. The first-order valence-electron chi connectivity index (χ1n) is 8.80. The molecule has 28 heavy (non-hydrogen) atoms. The van der Waals surface area contributed by atoms with Crippen LogP contribution in [0.1, 0.15) is 18.9 Å². The van der Waals surface area contributed by atoms with E-state index in [-0.39, 0.29) is 10.6 Å². The monoisotopic (exact) mass is 400 g/mol. The van der Waals surface area contributed by atoms with Crippen molar-refractivity contribution in [1.29, 1.82) is 0 Å². The summed E-state index contributed by atoms with van der Waals surface area (Å²) in [5, 5.41) is 5.39. The predicted molar refractivity (Wildman–Crippen MR) is 107 cm³/mol. The molecular weight excluding hydrogens is 379 g/mol. The second kappa shape index (κ2) is 8.08. The van der Waals surface area contributed by atoms with Crippen LogP contribution in [-0.4, -0.2) is 20.5 Å². The molecule has 0 amide bonds. The van der Waals surface area contributed by atoms with Crippen LogP contribution in [0.5, 0.6) is 5.75 Å². The number of aryl methyl sites for hydroxylation is 1. The van der Waals surface area contributed by atoms with Crippen LogP contribution >= 0.6 is 0 Å². The zero-order valence-electron chi connectivity index (χ0n) is 15.6. The Balaban J connectivity index is 2.28. The molecule has 0 spiro atoms. The Hall–Kier alpha value is -2.77. The van der Waals surface area contributed by atoms with Crippen molar-refractivity contribution in [3.05, 3.63) is 66.1 Å². The van der Waals surface area contributed by atoms with E-state index in [2.05, 4.69) is 11.9 Å². The molecule has 2 aromatic carbocycles. The van der Waals surface area contributed by atoms with Gasteiger partial charge in [-0.25, -0.2) is 17.9 Å². The predicted octanol–water partition coefficient (Wildman–Crippen LogP) is 4.16. The van der Waals surface area contributed by atoms with Crippen LogP contribution in [0.15, 0.2) is 59.6 Å². The standard InChI is InChI=1S/C21H21FN2O3S/c1-3-6-14-11-17(15-9-10-19(27-2)18(22)12-15)21(24-13-14)16-7-4-5-8-20(16)28(23,25)26/h4-5,7-13H,3,6H2,1-2H3,(H2,23,25,26). The van der Waals surface area contributed by atoms with Crippen molar-refractivity contribution >= 4 is 10.0 Å². The Morgan fingerprint density at radius 3 is 2.50 bits per heavy atom. The van der Waals surface area contributed by atoms with Gasteiger partial charge in [-0.2, -0.15) is 0 Å². The summed E-state index contributed by atoms with van der Waals surface area (Å²) < 4.78 is 43.4. The van der Waals surface area contributed by atoms with Gasteiger partial charge >= 0.3 is 0 Å². The molecule has 1 heterocycles. The summed E-state index contributed by atoms with van der Waals surface area (Å²) in [6.45, 7) is 2.05. The number of rotatable bonds is 6. The number of nitrogens with two attached hydrogens (primary N) is 1. The van der Waals surface area contributed by atoms with Gasteiger partial charge in [0.05, 0.1) is 17.7 Å². The van der Waals surface area contributed by atoms with Crippen LogP contribution in [0.3, 0.4) is 0 Å². The van der Waals surface area contributed by atoms with E-state index in [1.165, 1.54) is 25.3 Å². The molecule has 0 radical (unpaired) electrons. The molecular formula is C21H21FN2O3S. The molecule has 0 saturated heterocycles. The molecule has 0 bridgehead atoms. The highest BCUT2D eigenvalue weighted by Gasteiger charge is 2.19. The largest absolute Gasteiger partial charge is 0.494 e. The van der Waals surface area contributed by atoms with Gasteiger partial charge in [0, 0.05) is 17.3 Å². The zero-order valence-corrected chi connectivity index (χ0v) is 16.5. The lowest BCUT2D eigenvalue weighted by molar-refractivity contribution is 0.386. The van der Waals surface area contributed by atoms with Crippen molar-refractivity contribution in [2.75, 3.05) is 7.11 Å². The quantitative estimate of drug-likeness (QED) is 0.673. The summed E-state index contributed by atoms with van der Waals surface area (Å²) in [6.07, 6.45) is 3.43. The van der Waals surface area contributed by atoms with Crippen LogP contribution in [0.25, 0.3) is 22.4 Å². The molecule has 0 atom stereocenters. The van der Waals surface area contributed by atoms with Gasteiger partial charge in [-0.05, 0) is 41.8 Å². The van der Waals surface area contributed by atoms with E-state index in [0.717, 1.165) is 18.4 Å². The lowest BCUT2D eigenvalue weighted by Gasteiger charge is -2.14. The average Bonchev–Trinajstić information content (AvgIpc) is 2.67. The van der Waals surface area contributed by atoms with Crippen LogP contribution in [0, 0.1) is 5.82 Å². The molecule has 0 unspecified atom stereocenters. The first-order valence-corrected chi connectivity index (χ1v) is 10.3. The van der Waals surface area contributed by atoms with Crippen molar-refractivity contribution in [2.24, 2.45) is 5.14 Å². The Morgan fingerprint density at radius 1 is 1.11 bits per heavy atom. The minimum Gasteiger partial charge on any atom is -0.494 e. The van der Waals surface area contributed by atoms with E-state index in [9.17, 15) is 12.8 Å². The number of hydrogen-bond donors (Lipinski definition) is 1. The molecule has 0 fully saturated rings. The minimum absolute atomic E-state index is 0.0269. The summed E-state index contributed by atoms with van der Waals surface area (Å²) in [5.41, 5.74) is 2.98. The van der Waals surface area contributed by atoms with Gasteiger partial charge in [0.1, 0.15) is 0 Å². The molecule has 0 saturated carbocycles. The van der Waals surface area contributed by atoms with E-state index in [1.807, 2.05) is 6.07 Å². The van der Waals surface area contributed by atoms with Crippen molar-refractivity contribution < 1.29 is 17.5 Å². The maximum atomic E-state index is 14.3. The second-order valence-electron chi connectivity index (χ2n) is 6.38. The van der Waals surface area contributed by atoms with Gasteiger partial charge in [0.25, 0.3) is 0 Å². The molecule has 0 aliphatic heterocycles. The van der Waals surface area contributed by atoms with Crippen molar-refractivity contribution in [3.63, 3.8) is 0 Å². The number of sulfonamides is 1. The molecule has 146 valence electrons. The Labute approximate surface area is 164 Å². The fraction of sp³-hybridized carbons (Fsp3) is 0.190. The van der Waals surface area contributed by atoms with Crippen LogP contribution in [0.2, 0.25) is 0 Å². The van der Waals surface area contributed by atoms with E-state index in [0.29, 0.717) is 22.4 Å². The third kappa shape index (κ3) is 4.05. The zero-order chi connectivity index (χ0) is 20.3. The molecule has 1 aromatic heterocycles. The lowest BCUT2D eigenvalue weighted by atomic mass is 9.96. The maximum absolute atomic E-state index is 14.3. The number of aromatic nitrogens is 1. The first kappa shape index (κ1) is 20.0. The molecule has 0 aliphatic carbocycles. The molecule has 3 aromatic rings. The Bertz CT molecular complexity index is 1110. The van der Waals surface area contributed by atoms with Gasteiger partial charge in [0.2, 0.25) is 10.0 Å². The van der Waals surface area contributed by atoms with Gasteiger partial charge in [-0.3, -0.25) is 4.98 Å². The fourth-order valence-electron chi connectivity index (χ4n) is 3.11. The SMILES string of the molecule is CCCc1cnc(-c2ccccc2S(N)(=O)=O)c(-c2ccc(OC)c(F)c2)c1. The third-order valence-corrected chi connectivity index (χ3v) is 5.36. The molecule has 2 N–H and O–H groups in total. The van der Waals surface area contributed by atoms with E-state index in [1.54, 1.807) is 30.5 Å². The molecule has 7 heteroatoms. The number of halogens is 1. The van der Waals surface area contributed by atoms with Gasteiger partial charge in [-0.15, -0.1) is 0 Å². The van der Waals surface area contributed by atoms with Crippen LogP contribution in [-0.2, 0) is 16.4 Å². The lowest BCUT2D eigenvalue weighted by Crippen LogP contribution is -2.13. The van der Waals surface area contributed by atoms with Crippen LogP contribution < -0.4 is 9.88 Å². The minimum atomic E-state index is -3.95. The number of methoxy groups -OCH3 is 1. The van der Waals surface area contributed by atoms with Crippen molar-refractivity contribution in [3.8, 4) is 28.1 Å². The summed E-state index contributed by atoms with van der Waals surface area (Å²) in [7, 11) is -2.56. The first-order chi connectivity index (χ1) is 13.3. The van der Waals surface area contributed by atoms with Gasteiger partial charge in [-0.1, -0.05) is 37.6 Å². The van der Waals surface area contributed by atoms with E-state index in [4.69, 9.17) is 9.88 Å². The summed E-state index contributed by atoms with van der Waals surface area (Å²) in [5.74, 6) is -0.375. The Morgan fingerprint density at radius 2 is 1.86 bits per heavy atom. The number of ether oxygens (including phenoxy) is 1. The number of benzene rings is 2. The number of nitrogens with zero attached hydrogens (tertiary/aromatic N) is 1. The van der Waals surface area contributed by atoms with E-state index >= 15 is 0 Å². The Kier molecular flexibility index (Phi) is 5.76. The fourth-order valence-corrected chi connectivity index (χ4v) is 3.85. The molecule has 5 nitrogen and oxygen atoms in total. The summed E-state index contributed by atoms with van der Waals surface area (Å²) in [4.78, 5) is 4.49. The highest BCUT2D eigenvalue weighted by Crippen LogP contribution is 2.36. The second-order valence-corrected chi connectivity index (χ2v) is 7.91. The van der Waals surface area contributed by atoms with E-state index < -0.39 is 15.8 Å². The molecule has 0 aliphatic rings. The highest BCUT2D eigenvalue weighted by molar-refractivity contribution is 7.89. The topological polar surface area (TPSA) is 82.3 Å². The maximum Gasteiger partial charge on any atom is 0.238 e. The summed E-state index contributed by atoms with van der Waals surface area (Å²) in [6, 6.07) is 12.9. The molecule has 3 rings (SSSR count). The number of pyridine rings is 1. The summed E-state index contributed by atoms with van der Waals surface area (Å²) >= 11 is 0. The third-order valence-electron chi connectivity index (χ3n) is 4.39. The normalized spacial score (nSPS) is 11.4. The average molecular weight is 400 g/mol.